The van der Waals surface area contributed by atoms with Gasteiger partial charge in [0, 0.05) is 5.69 Å². The zero-order valence-corrected chi connectivity index (χ0v) is 17.3. The molecule has 0 unspecified atom stereocenters. The molecule has 0 saturated carbocycles. The lowest BCUT2D eigenvalue weighted by atomic mass is 10.0. The molecule has 0 spiro atoms. The molecule has 0 aromatic heterocycles. The van der Waals surface area contributed by atoms with Crippen LogP contribution in [0.5, 0.6) is 5.75 Å². The van der Waals surface area contributed by atoms with Crippen LogP contribution in [0.1, 0.15) is 26.3 Å². The number of hydrogen-bond acceptors (Lipinski definition) is 5. The van der Waals surface area contributed by atoms with Gasteiger partial charge < -0.3 is 14.8 Å². The second-order valence-corrected chi connectivity index (χ2v) is 7.02. The molecule has 0 fully saturated rings. The highest BCUT2D eigenvalue weighted by Crippen LogP contribution is 2.31. The first kappa shape index (κ1) is 21.5. The van der Waals surface area contributed by atoms with Crippen molar-refractivity contribution in [3.05, 3.63) is 65.6 Å². The second-order valence-electron chi connectivity index (χ2n) is 7.02. The van der Waals surface area contributed by atoms with Crippen molar-refractivity contribution in [2.75, 3.05) is 25.1 Å². The average molecular weight is 412 g/mol. The fourth-order valence-corrected chi connectivity index (χ4v) is 3.10. The van der Waals surface area contributed by atoms with Crippen molar-refractivity contribution in [3.63, 3.8) is 0 Å². The van der Waals surface area contributed by atoms with Gasteiger partial charge in [0.05, 0.1) is 31.4 Å². The summed E-state index contributed by atoms with van der Waals surface area (Å²) in [6.07, 6.45) is -0.00634. The molecule has 0 radical (unpaired) electrons. The highest BCUT2D eigenvalue weighted by molar-refractivity contribution is 6.36. The Labute approximate surface area is 175 Å². The van der Waals surface area contributed by atoms with Gasteiger partial charge in [0.2, 0.25) is 0 Å². The summed E-state index contributed by atoms with van der Waals surface area (Å²) in [4.78, 5) is 27.3. The van der Waals surface area contributed by atoms with Crippen molar-refractivity contribution >= 4 is 23.1 Å². The summed E-state index contributed by atoms with van der Waals surface area (Å²) in [6, 6.07) is 12.6. The Kier molecular flexibility index (Phi) is 6.84. The molecule has 2 amide bonds. The SMILES string of the molecule is CCOc1ccc(C2=C(Nc3ccc(F)cc3)C(=O)N(CCOC(C)C)C2=O)cc1. The molecule has 2 aromatic carbocycles. The zero-order valence-electron chi connectivity index (χ0n) is 17.3. The van der Waals surface area contributed by atoms with Crippen LogP contribution in [-0.4, -0.2) is 42.6 Å². The van der Waals surface area contributed by atoms with Gasteiger partial charge in [-0.25, -0.2) is 4.39 Å². The Bertz CT molecular complexity index is 937. The number of hydrogen-bond donors (Lipinski definition) is 1. The number of imide groups is 1. The number of ether oxygens (including phenoxy) is 2. The lowest BCUT2D eigenvalue weighted by molar-refractivity contribution is -0.137. The number of rotatable bonds is 9. The molecule has 1 aliphatic heterocycles. The predicted octanol–water partition coefficient (Wildman–Crippen LogP) is 3.84. The minimum atomic E-state index is -0.444. The van der Waals surface area contributed by atoms with Crippen LogP contribution >= 0.6 is 0 Å². The van der Waals surface area contributed by atoms with Gasteiger partial charge in [0.25, 0.3) is 11.8 Å². The third kappa shape index (κ3) is 4.86. The maximum Gasteiger partial charge on any atom is 0.278 e. The first-order valence-electron chi connectivity index (χ1n) is 9.88. The van der Waals surface area contributed by atoms with Crippen LogP contribution in [0, 0.1) is 5.82 Å². The quantitative estimate of drug-likeness (QED) is 0.634. The Morgan fingerprint density at radius 1 is 1.00 bits per heavy atom. The van der Waals surface area contributed by atoms with Gasteiger partial charge in [-0.1, -0.05) is 12.1 Å². The van der Waals surface area contributed by atoms with Crippen molar-refractivity contribution in [2.45, 2.75) is 26.9 Å². The van der Waals surface area contributed by atoms with Crippen molar-refractivity contribution in [2.24, 2.45) is 0 Å². The molecule has 2 aromatic rings. The number of nitrogens with zero attached hydrogens (tertiary/aromatic N) is 1. The number of halogens is 1. The third-order valence-corrected chi connectivity index (χ3v) is 4.50. The van der Waals surface area contributed by atoms with Crippen molar-refractivity contribution in [3.8, 4) is 5.75 Å². The summed E-state index contributed by atoms with van der Waals surface area (Å²) >= 11 is 0. The molecule has 1 N–H and O–H groups in total. The van der Waals surface area contributed by atoms with Crippen LogP contribution in [0.15, 0.2) is 54.2 Å². The number of anilines is 1. The fourth-order valence-electron chi connectivity index (χ4n) is 3.10. The van der Waals surface area contributed by atoms with Gasteiger partial charge in [-0.15, -0.1) is 0 Å². The van der Waals surface area contributed by atoms with Crippen LogP contribution in [0.3, 0.4) is 0 Å². The van der Waals surface area contributed by atoms with Crippen molar-refractivity contribution < 1.29 is 23.5 Å². The highest BCUT2D eigenvalue weighted by Gasteiger charge is 2.39. The number of carbonyl (C=O) groups excluding carboxylic acids is 2. The molecule has 0 saturated heterocycles. The van der Waals surface area contributed by atoms with Gasteiger partial charge in [0.15, 0.2) is 0 Å². The number of nitrogens with one attached hydrogen (secondary N) is 1. The minimum Gasteiger partial charge on any atom is -0.494 e. The summed E-state index contributed by atoms with van der Waals surface area (Å²) in [5, 5.41) is 2.99. The minimum absolute atomic E-state index is 0.00634. The average Bonchev–Trinajstić information content (AvgIpc) is 2.94. The molecule has 30 heavy (non-hydrogen) atoms. The summed E-state index contributed by atoms with van der Waals surface area (Å²) < 4.78 is 24.2. The largest absolute Gasteiger partial charge is 0.494 e. The van der Waals surface area contributed by atoms with Gasteiger partial charge in [-0.05, 0) is 62.7 Å². The van der Waals surface area contributed by atoms with E-state index in [1.165, 1.54) is 29.2 Å². The van der Waals surface area contributed by atoms with E-state index in [4.69, 9.17) is 9.47 Å². The second kappa shape index (κ2) is 9.54. The van der Waals surface area contributed by atoms with Crippen LogP contribution in [0.4, 0.5) is 10.1 Å². The van der Waals surface area contributed by atoms with Gasteiger partial charge in [-0.2, -0.15) is 0 Å². The van der Waals surface area contributed by atoms with E-state index in [-0.39, 0.29) is 36.3 Å². The monoisotopic (exact) mass is 412 g/mol. The summed E-state index contributed by atoms with van der Waals surface area (Å²) in [5.74, 6) is -0.557. The lowest BCUT2D eigenvalue weighted by Crippen LogP contribution is -2.35. The topological polar surface area (TPSA) is 67.9 Å². The molecule has 0 bridgehead atoms. The Balaban J connectivity index is 1.93. The van der Waals surface area contributed by atoms with E-state index < -0.39 is 11.8 Å². The standard InChI is InChI=1S/C23H25FN2O4/c1-4-29-19-11-5-16(6-12-19)20-21(25-18-9-7-17(24)8-10-18)23(28)26(22(20)27)13-14-30-15(2)3/h5-12,15,25H,4,13-14H2,1-3H3. The van der Waals surface area contributed by atoms with Gasteiger partial charge in [-0.3, -0.25) is 14.5 Å². The van der Waals surface area contributed by atoms with E-state index in [9.17, 15) is 14.0 Å². The summed E-state index contributed by atoms with van der Waals surface area (Å²) in [6.45, 7) is 6.58. The Morgan fingerprint density at radius 3 is 2.27 bits per heavy atom. The first-order valence-corrected chi connectivity index (χ1v) is 9.88. The molecule has 0 aliphatic carbocycles. The smallest absolute Gasteiger partial charge is 0.278 e. The molecule has 0 atom stereocenters. The first-order chi connectivity index (χ1) is 14.4. The maximum absolute atomic E-state index is 13.3. The molecule has 1 heterocycles. The molecule has 6 nitrogen and oxygen atoms in total. The van der Waals surface area contributed by atoms with Gasteiger partial charge in [0.1, 0.15) is 17.3 Å². The predicted molar refractivity (Wildman–Crippen MR) is 112 cm³/mol. The third-order valence-electron chi connectivity index (χ3n) is 4.50. The van der Waals surface area contributed by atoms with E-state index in [1.807, 2.05) is 20.8 Å². The summed E-state index contributed by atoms with van der Waals surface area (Å²) in [5.41, 5.74) is 1.52. The van der Waals surface area contributed by atoms with E-state index in [0.29, 0.717) is 23.6 Å². The molecule has 3 rings (SSSR count). The van der Waals surface area contributed by atoms with E-state index in [0.717, 1.165) is 0 Å². The molecular weight excluding hydrogens is 387 g/mol. The molecule has 1 aliphatic rings. The Hall–Kier alpha value is -3.19. The van der Waals surface area contributed by atoms with Crippen LogP contribution in [-0.2, 0) is 14.3 Å². The van der Waals surface area contributed by atoms with Crippen LogP contribution in [0.25, 0.3) is 5.57 Å². The maximum atomic E-state index is 13.3. The van der Waals surface area contributed by atoms with Crippen LogP contribution < -0.4 is 10.1 Å². The van der Waals surface area contributed by atoms with E-state index in [2.05, 4.69) is 5.32 Å². The van der Waals surface area contributed by atoms with E-state index in [1.54, 1.807) is 24.3 Å². The lowest BCUT2D eigenvalue weighted by Gasteiger charge is -2.16. The van der Waals surface area contributed by atoms with Crippen molar-refractivity contribution in [1.82, 2.24) is 4.90 Å². The zero-order chi connectivity index (χ0) is 21.7. The van der Waals surface area contributed by atoms with E-state index >= 15 is 0 Å². The van der Waals surface area contributed by atoms with Crippen molar-refractivity contribution in [1.29, 1.82) is 0 Å². The normalized spacial score (nSPS) is 14.1. The van der Waals surface area contributed by atoms with Crippen LogP contribution in [0.2, 0.25) is 0 Å². The molecule has 7 heteroatoms. The Morgan fingerprint density at radius 2 is 1.67 bits per heavy atom. The van der Waals surface area contributed by atoms with Gasteiger partial charge >= 0.3 is 0 Å². The highest BCUT2D eigenvalue weighted by atomic mass is 19.1. The fraction of sp³-hybridized carbons (Fsp3) is 0.304. The number of amides is 2. The number of benzene rings is 2. The summed E-state index contributed by atoms with van der Waals surface area (Å²) in [7, 11) is 0. The number of carbonyl (C=O) groups is 2. The molecular formula is C23H25FN2O4. The molecule has 158 valence electrons.